The van der Waals surface area contributed by atoms with Crippen LogP contribution in [0.25, 0.3) is 10.4 Å². The van der Waals surface area contributed by atoms with Crippen LogP contribution in [0.4, 0.5) is 5.69 Å². The number of likely N-dealkylation sites (N-methyl/N-ethyl adjacent to an activating group) is 1. The van der Waals surface area contributed by atoms with Gasteiger partial charge in [0.2, 0.25) is 11.8 Å². The first-order chi connectivity index (χ1) is 11.5. The van der Waals surface area contributed by atoms with Crippen molar-refractivity contribution in [2.24, 2.45) is 5.11 Å². The van der Waals surface area contributed by atoms with E-state index in [1.54, 1.807) is 17.0 Å². The van der Waals surface area contributed by atoms with Crippen molar-refractivity contribution in [3.63, 3.8) is 0 Å². The Kier molecular flexibility index (Phi) is 5.55. The number of benzene rings is 1. The van der Waals surface area contributed by atoms with Crippen LogP contribution in [0.3, 0.4) is 0 Å². The summed E-state index contributed by atoms with van der Waals surface area (Å²) >= 11 is 0. The minimum atomic E-state index is -0.802. The van der Waals surface area contributed by atoms with Gasteiger partial charge in [-0.2, -0.15) is 0 Å². The van der Waals surface area contributed by atoms with Gasteiger partial charge in [0.1, 0.15) is 6.04 Å². The average Bonchev–Trinajstić information content (AvgIpc) is 2.97. The molecule has 3 amide bonds. The maximum atomic E-state index is 12.8. The average molecular weight is 329 g/mol. The van der Waals surface area contributed by atoms with Gasteiger partial charge < -0.3 is 4.90 Å². The maximum Gasteiger partial charge on any atom is 0.261 e. The van der Waals surface area contributed by atoms with Crippen LogP contribution >= 0.6 is 0 Å². The van der Waals surface area contributed by atoms with Gasteiger partial charge in [-0.15, -0.1) is 0 Å². The minimum Gasteiger partial charge on any atom is -0.341 e. The standard InChI is InChI=1S/C16H19N5O3/c1-3-20(4-2)16(24)13-9-10-14(22)21(13)15(23)11-7-5-6-8-12(11)18-19-17/h5-8,13H,3-4,9-10H2,1-2H3/t13-/m0/s1. The second-order valence-electron chi connectivity index (χ2n) is 5.34. The molecule has 0 aromatic heterocycles. The number of imide groups is 1. The Hall–Kier alpha value is -2.86. The molecular weight excluding hydrogens is 310 g/mol. The number of azide groups is 1. The Morgan fingerprint density at radius 3 is 2.62 bits per heavy atom. The Bertz CT molecular complexity index is 707. The van der Waals surface area contributed by atoms with Crippen LogP contribution < -0.4 is 0 Å². The highest BCUT2D eigenvalue weighted by molar-refractivity contribution is 6.11. The van der Waals surface area contributed by atoms with Crippen LogP contribution in [0.15, 0.2) is 29.4 Å². The number of amides is 3. The second-order valence-corrected chi connectivity index (χ2v) is 5.34. The number of hydrogen-bond acceptors (Lipinski definition) is 4. The van der Waals surface area contributed by atoms with Gasteiger partial charge in [-0.25, -0.2) is 0 Å². The molecule has 1 aromatic rings. The van der Waals surface area contributed by atoms with Crippen molar-refractivity contribution >= 4 is 23.4 Å². The first-order valence-electron chi connectivity index (χ1n) is 7.84. The van der Waals surface area contributed by atoms with Gasteiger partial charge in [0, 0.05) is 30.0 Å². The second kappa shape index (κ2) is 7.61. The molecule has 24 heavy (non-hydrogen) atoms. The first kappa shape index (κ1) is 17.5. The van der Waals surface area contributed by atoms with Gasteiger partial charge in [0.05, 0.1) is 5.69 Å². The molecule has 0 N–H and O–H groups in total. The Labute approximate surface area is 139 Å². The van der Waals surface area contributed by atoms with Gasteiger partial charge in [-0.1, -0.05) is 23.3 Å². The van der Waals surface area contributed by atoms with Crippen molar-refractivity contribution in [2.45, 2.75) is 32.7 Å². The molecule has 1 aliphatic rings. The van der Waals surface area contributed by atoms with Crippen molar-refractivity contribution in [2.75, 3.05) is 13.1 Å². The number of hydrogen-bond donors (Lipinski definition) is 0. The molecule has 1 atom stereocenters. The molecule has 1 fully saturated rings. The summed E-state index contributed by atoms with van der Waals surface area (Å²) in [7, 11) is 0. The van der Waals surface area contributed by atoms with E-state index in [-0.39, 0.29) is 29.5 Å². The molecule has 0 spiro atoms. The van der Waals surface area contributed by atoms with Crippen molar-refractivity contribution in [3.8, 4) is 0 Å². The summed E-state index contributed by atoms with van der Waals surface area (Å²) in [6, 6.07) is 5.42. The molecular formula is C16H19N5O3. The molecule has 1 saturated heterocycles. The number of carbonyl (C=O) groups is 3. The zero-order chi connectivity index (χ0) is 17.7. The van der Waals surface area contributed by atoms with Crippen LogP contribution in [-0.4, -0.2) is 46.7 Å². The van der Waals surface area contributed by atoms with Crippen LogP contribution in [0.1, 0.15) is 37.0 Å². The van der Waals surface area contributed by atoms with Gasteiger partial charge in [0.15, 0.2) is 0 Å². The Morgan fingerprint density at radius 2 is 2.00 bits per heavy atom. The van der Waals surface area contributed by atoms with E-state index in [9.17, 15) is 14.4 Å². The van der Waals surface area contributed by atoms with E-state index in [4.69, 9.17) is 5.53 Å². The number of rotatable bonds is 5. The quantitative estimate of drug-likeness (QED) is 0.358. The predicted octanol–water partition coefficient (Wildman–Crippen LogP) is 2.63. The fraction of sp³-hybridized carbons (Fsp3) is 0.438. The molecule has 0 saturated carbocycles. The monoisotopic (exact) mass is 329 g/mol. The summed E-state index contributed by atoms with van der Waals surface area (Å²) in [6.45, 7) is 4.72. The van der Waals surface area contributed by atoms with Gasteiger partial charge >= 0.3 is 0 Å². The molecule has 1 heterocycles. The number of nitrogens with zero attached hydrogens (tertiary/aromatic N) is 5. The summed E-state index contributed by atoms with van der Waals surface area (Å²) in [6.07, 6.45) is 0.455. The zero-order valence-corrected chi connectivity index (χ0v) is 13.7. The lowest BCUT2D eigenvalue weighted by molar-refractivity contribution is -0.139. The molecule has 8 heteroatoms. The summed E-state index contributed by atoms with van der Waals surface area (Å²) in [5, 5.41) is 3.49. The molecule has 2 rings (SSSR count). The fourth-order valence-electron chi connectivity index (χ4n) is 2.84. The molecule has 0 aliphatic carbocycles. The van der Waals surface area contributed by atoms with E-state index in [1.807, 2.05) is 13.8 Å². The highest BCUT2D eigenvalue weighted by Gasteiger charge is 2.42. The van der Waals surface area contributed by atoms with E-state index < -0.39 is 11.9 Å². The van der Waals surface area contributed by atoms with Crippen LogP contribution in [0, 0.1) is 0 Å². The Morgan fingerprint density at radius 1 is 1.33 bits per heavy atom. The van der Waals surface area contributed by atoms with Crippen LogP contribution in [-0.2, 0) is 9.59 Å². The number of carbonyl (C=O) groups excluding carboxylic acids is 3. The minimum absolute atomic E-state index is 0.114. The number of likely N-dealkylation sites (tertiary alicyclic amines) is 1. The summed E-state index contributed by atoms with van der Waals surface area (Å²) in [4.78, 5) is 42.9. The normalized spacial score (nSPS) is 16.7. The molecule has 1 aromatic carbocycles. The topological polar surface area (TPSA) is 106 Å². The molecule has 0 radical (unpaired) electrons. The smallest absolute Gasteiger partial charge is 0.261 e. The third kappa shape index (κ3) is 3.23. The molecule has 8 nitrogen and oxygen atoms in total. The van der Waals surface area contributed by atoms with Gasteiger partial charge in [0.25, 0.3) is 5.91 Å². The van der Waals surface area contributed by atoms with E-state index in [2.05, 4.69) is 10.0 Å². The lowest BCUT2D eigenvalue weighted by Crippen LogP contribution is -2.49. The van der Waals surface area contributed by atoms with Crippen molar-refractivity contribution < 1.29 is 14.4 Å². The molecule has 1 aliphatic heterocycles. The van der Waals surface area contributed by atoms with Crippen molar-refractivity contribution in [1.82, 2.24) is 9.80 Å². The maximum absolute atomic E-state index is 12.8. The van der Waals surface area contributed by atoms with Crippen molar-refractivity contribution in [3.05, 3.63) is 40.3 Å². The van der Waals surface area contributed by atoms with E-state index in [0.717, 1.165) is 4.90 Å². The largest absolute Gasteiger partial charge is 0.341 e. The van der Waals surface area contributed by atoms with Crippen molar-refractivity contribution in [1.29, 1.82) is 0 Å². The molecule has 0 bridgehead atoms. The van der Waals surface area contributed by atoms with Gasteiger partial charge in [-0.05, 0) is 31.9 Å². The summed E-state index contributed by atoms with van der Waals surface area (Å²) < 4.78 is 0. The van der Waals surface area contributed by atoms with E-state index in [1.165, 1.54) is 12.1 Å². The zero-order valence-electron chi connectivity index (χ0n) is 13.7. The van der Waals surface area contributed by atoms with Crippen LogP contribution in [0.5, 0.6) is 0 Å². The SMILES string of the molecule is CCN(CC)C(=O)[C@@H]1CCC(=O)N1C(=O)c1ccccc1N=[N+]=[N-]. The van der Waals surface area contributed by atoms with Gasteiger partial charge in [-0.3, -0.25) is 19.3 Å². The van der Waals surface area contributed by atoms with E-state index >= 15 is 0 Å². The third-order valence-corrected chi connectivity index (χ3v) is 4.08. The highest BCUT2D eigenvalue weighted by atomic mass is 16.2. The summed E-state index contributed by atoms with van der Waals surface area (Å²) in [5.74, 6) is -1.23. The fourth-order valence-corrected chi connectivity index (χ4v) is 2.84. The molecule has 0 unspecified atom stereocenters. The van der Waals surface area contributed by atoms with E-state index in [0.29, 0.717) is 19.5 Å². The lowest BCUT2D eigenvalue weighted by atomic mass is 10.1. The summed E-state index contributed by atoms with van der Waals surface area (Å²) in [5.41, 5.74) is 8.88. The Balaban J connectivity index is 2.37. The lowest BCUT2D eigenvalue weighted by Gasteiger charge is -2.28. The van der Waals surface area contributed by atoms with Crippen LogP contribution in [0.2, 0.25) is 0 Å². The predicted molar refractivity (Wildman–Crippen MR) is 87.4 cm³/mol. The first-order valence-corrected chi connectivity index (χ1v) is 7.84. The molecule has 126 valence electrons. The third-order valence-electron chi connectivity index (χ3n) is 4.08. The highest BCUT2D eigenvalue weighted by Crippen LogP contribution is 2.27.